The number of nitrogens with zero attached hydrogens (tertiary/aromatic N) is 1. The van der Waals surface area contributed by atoms with Crippen LogP contribution in [0.2, 0.25) is 0 Å². The monoisotopic (exact) mass is 509 g/mol. The Balaban J connectivity index is 0.00000304. The molecule has 5 rings (SSSR count). The molecule has 9 heteroatoms. The molecular formula is C27H25F2N3O3S. The van der Waals surface area contributed by atoms with E-state index in [1.165, 1.54) is 35.6 Å². The van der Waals surface area contributed by atoms with Gasteiger partial charge >= 0.3 is 5.97 Å². The number of benzene rings is 3. The summed E-state index contributed by atoms with van der Waals surface area (Å²) in [6, 6.07) is 14.9. The van der Waals surface area contributed by atoms with E-state index >= 15 is 0 Å². The summed E-state index contributed by atoms with van der Waals surface area (Å²) in [5, 5.41) is 15.6. The second-order valence-electron chi connectivity index (χ2n) is 8.57. The van der Waals surface area contributed by atoms with Crippen molar-refractivity contribution in [3.05, 3.63) is 77.9 Å². The Labute approximate surface area is 211 Å². The molecule has 0 bridgehead atoms. The molecule has 36 heavy (non-hydrogen) atoms. The van der Waals surface area contributed by atoms with Crippen molar-refractivity contribution < 1.29 is 23.5 Å². The van der Waals surface area contributed by atoms with Crippen molar-refractivity contribution in [3.8, 4) is 11.1 Å². The van der Waals surface area contributed by atoms with Gasteiger partial charge in [-0.1, -0.05) is 49.8 Å². The summed E-state index contributed by atoms with van der Waals surface area (Å²) in [7, 11) is 0. The van der Waals surface area contributed by atoms with Crippen molar-refractivity contribution in [2.24, 2.45) is 5.92 Å². The minimum atomic E-state index is -1.12. The lowest BCUT2D eigenvalue weighted by Crippen LogP contribution is -2.41. The van der Waals surface area contributed by atoms with Crippen molar-refractivity contribution >= 4 is 44.2 Å². The van der Waals surface area contributed by atoms with Crippen LogP contribution in [0.1, 0.15) is 37.0 Å². The molecule has 1 heterocycles. The number of carbonyl (C=O) groups is 2. The molecule has 0 aliphatic heterocycles. The largest absolute Gasteiger partial charge is 0.480 e. The van der Waals surface area contributed by atoms with Crippen LogP contribution in [0.15, 0.2) is 60.7 Å². The Morgan fingerprint density at radius 2 is 1.75 bits per heavy atom. The fraction of sp³-hybridized carbons (Fsp3) is 0.222. The fourth-order valence-electron chi connectivity index (χ4n) is 3.84. The lowest BCUT2D eigenvalue weighted by Gasteiger charge is -2.15. The van der Waals surface area contributed by atoms with E-state index in [9.17, 15) is 23.5 Å². The van der Waals surface area contributed by atoms with Gasteiger partial charge < -0.3 is 15.7 Å². The minimum Gasteiger partial charge on any atom is -0.480 e. The number of fused-ring (bicyclic) bond motifs is 1. The van der Waals surface area contributed by atoms with Gasteiger partial charge in [-0.3, -0.25) is 4.79 Å². The molecule has 0 radical (unpaired) electrons. The van der Waals surface area contributed by atoms with E-state index in [2.05, 4.69) is 15.6 Å². The number of halogens is 2. The quantitative estimate of drug-likeness (QED) is 0.249. The Hall–Kier alpha value is -3.85. The molecule has 1 aliphatic rings. The second-order valence-corrected chi connectivity index (χ2v) is 9.60. The average Bonchev–Trinajstić information content (AvgIpc) is 3.56. The third-order valence-electron chi connectivity index (χ3n) is 5.90. The van der Waals surface area contributed by atoms with E-state index < -0.39 is 23.7 Å². The Morgan fingerprint density at radius 3 is 2.42 bits per heavy atom. The molecule has 1 aliphatic carbocycles. The van der Waals surface area contributed by atoms with Gasteiger partial charge in [-0.2, -0.15) is 0 Å². The molecule has 1 saturated carbocycles. The Bertz CT molecular complexity index is 1420. The number of thiazole rings is 1. The van der Waals surface area contributed by atoms with Crippen LogP contribution in [0.3, 0.4) is 0 Å². The fourth-order valence-corrected chi connectivity index (χ4v) is 4.76. The Morgan fingerprint density at radius 1 is 1.03 bits per heavy atom. The minimum absolute atomic E-state index is 0. The number of rotatable bonds is 8. The predicted molar refractivity (Wildman–Crippen MR) is 138 cm³/mol. The van der Waals surface area contributed by atoms with Crippen LogP contribution in [0.4, 0.5) is 19.6 Å². The third kappa shape index (κ3) is 5.68. The molecule has 1 fully saturated rings. The zero-order valence-corrected chi connectivity index (χ0v) is 19.2. The first-order valence-electron chi connectivity index (χ1n) is 11.1. The van der Waals surface area contributed by atoms with E-state index in [-0.39, 0.29) is 18.8 Å². The molecule has 0 unspecified atom stereocenters. The van der Waals surface area contributed by atoms with Crippen LogP contribution in [-0.2, 0) is 4.79 Å². The van der Waals surface area contributed by atoms with Crippen molar-refractivity contribution in [1.29, 1.82) is 0 Å². The number of aromatic nitrogens is 1. The van der Waals surface area contributed by atoms with E-state index in [1.807, 2.05) is 12.1 Å². The highest BCUT2D eigenvalue weighted by molar-refractivity contribution is 7.22. The van der Waals surface area contributed by atoms with Gasteiger partial charge in [0, 0.05) is 5.69 Å². The van der Waals surface area contributed by atoms with E-state index in [4.69, 9.17) is 0 Å². The highest BCUT2D eigenvalue weighted by atomic mass is 32.1. The molecule has 1 atom stereocenters. The average molecular weight is 510 g/mol. The molecule has 1 aromatic heterocycles. The molecule has 1 amide bonds. The summed E-state index contributed by atoms with van der Waals surface area (Å²) in [5.41, 5.74) is 2.59. The third-order valence-corrected chi connectivity index (χ3v) is 6.84. The van der Waals surface area contributed by atoms with Crippen molar-refractivity contribution in [3.63, 3.8) is 0 Å². The summed E-state index contributed by atoms with van der Waals surface area (Å²) in [5.74, 6) is -2.59. The predicted octanol–water partition coefficient (Wildman–Crippen LogP) is 6.60. The van der Waals surface area contributed by atoms with Gasteiger partial charge in [-0.05, 0) is 65.9 Å². The molecule has 0 spiro atoms. The van der Waals surface area contributed by atoms with Gasteiger partial charge in [-0.15, -0.1) is 0 Å². The van der Waals surface area contributed by atoms with Gasteiger partial charge in [-0.25, -0.2) is 18.6 Å². The van der Waals surface area contributed by atoms with Crippen LogP contribution in [0.25, 0.3) is 21.3 Å². The van der Waals surface area contributed by atoms with Crippen molar-refractivity contribution in [1.82, 2.24) is 10.3 Å². The standard InChI is InChI=1S/C26H21F2N3O3S.CH4/c27-17-6-10-21-23(13-17)35-26(31-21)29-18-7-3-15(4-8-18)16-5-9-19(20(28)12-16)24(32)30-22(25(33)34)11-14-1-2-14;/h3-10,12-14,22H,1-2,11H2,(H,29,31)(H,30,32)(H,33,34);1H4/t22-;/m0./s1. The molecule has 0 saturated heterocycles. The van der Waals surface area contributed by atoms with Crippen molar-refractivity contribution in [2.45, 2.75) is 32.7 Å². The summed E-state index contributed by atoms with van der Waals surface area (Å²) in [6.45, 7) is 0. The van der Waals surface area contributed by atoms with Crippen LogP contribution >= 0.6 is 11.3 Å². The number of aliphatic carboxylic acids is 1. The first-order valence-corrected chi connectivity index (χ1v) is 11.9. The molecule has 6 nitrogen and oxygen atoms in total. The first kappa shape index (κ1) is 25.2. The van der Waals surface area contributed by atoms with Crippen LogP contribution in [0.5, 0.6) is 0 Å². The highest BCUT2D eigenvalue weighted by Gasteiger charge is 2.30. The van der Waals surface area contributed by atoms with E-state index in [1.54, 1.807) is 24.3 Å². The molecule has 3 aromatic carbocycles. The molecular weight excluding hydrogens is 484 g/mol. The SMILES string of the molecule is C.O=C(N[C@@H](CC1CC1)C(=O)O)c1ccc(-c2ccc(Nc3nc4ccc(F)cc4s3)cc2)cc1F. The van der Waals surface area contributed by atoms with Gasteiger partial charge in [0.25, 0.3) is 5.91 Å². The topological polar surface area (TPSA) is 91.3 Å². The summed E-state index contributed by atoms with van der Waals surface area (Å²) >= 11 is 1.34. The number of nitrogens with one attached hydrogen (secondary N) is 2. The van der Waals surface area contributed by atoms with Gasteiger partial charge in [0.05, 0.1) is 15.8 Å². The maximum atomic E-state index is 14.8. The van der Waals surface area contributed by atoms with Gasteiger partial charge in [0.1, 0.15) is 17.7 Å². The number of carboxylic acid groups (broad SMARTS) is 1. The lowest BCUT2D eigenvalue weighted by atomic mass is 10.0. The van der Waals surface area contributed by atoms with E-state index in [0.29, 0.717) is 28.6 Å². The summed E-state index contributed by atoms with van der Waals surface area (Å²) in [6.07, 6.45) is 2.27. The lowest BCUT2D eigenvalue weighted by molar-refractivity contribution is -0.139. The highest BCUT2D eigenvalue weighted by Crippen LogP contribution is 2.34. The number of hydrogen-bond donors (Lipinski definition) is 3. The van der Waals surface area contributed by atoms with Gasteiger partial charge in [0.15, 0.2) is 5.13 Å². The van der Waals surface area contributed by atoms with Crippen molar-refractivity contribution in [2.75, 3.05) is 5.32 Å². The van der Waals surface area contributed by atoms with Gasteiger partial charge in [0.2, 0.25) is 0 Å². The molecule has 186 valence electrons. The number of carbonyl (C=O) groups excluding carboxylic acids is 1. The van der Waals surface area contributed by atoms with Crippen LogP contribution in [0, 0.1) is 17.6 Å². The maximum absolute atomic E-state index is 14.8. The van der Waals surface area contributed by atoms with Crippen LogP contribution in [-0.4, -0.2) is 28.0 Å². The van der Waals surface area contributed by atoms with E-state index in [0.717, 1.165) is 28.8 Å². The number of anilines is 2. The smallest absolute Gasteiger partial charge is 0.326 e. The Kier molecular flexibility index (Phi) is 7.30. The molecule has 4 aromatic rings. The summed E-state index contributed by atoms with van der Waals surface area (Å²) in [4.78, 5) is 28.3. The first-order chi connectivity index (χ1) is 16.9. The van der Waals surface area contributed by atoms with Crippen LogP contribution < -0.4 is 10.6 Å². The number of hydrogen-bond acceptors (Lipinski definition) is 5. The maximum Gasteiger partial charge on any atom is 0.326 e. The normalized spacial score (nSPS) is 13.6. The second kappa shape index (κ2) is 10.4. The number of carboxylic acids is 1. The zero-order chi connectivity index (χ0) is 24.5. The number of amides is 1. The zero-order valence-electron chi connectivity index (χ0n) is 18.4. The molecule has 3 N–H and O–H groups in total. The summed E-state index contributed by atoms with van der Waals surface area (Å²) < 4.78 is 28.9.